The molecule has 0 bridgehead atoms. The summed E-state index contributed by atoms with van der Waals surface area (Å²) < 4.78 is 18.7. The van der Waals surface area contributed by atoms with Crippen molar-refractivity contribution in [3.05, 3.63) is 29.6 Å². The van der Waals surface area contributed by atoms with Crippen LogP contribution in [-0.2, 0) is 14.9 Å². The van der Waals surface area contributed by atoms with Gasteiger partial charge in [-0.3, -0.25) is 10.1 Å². The maximum absolute atomic E-state index is 13.5. The number of ether oxygens (including phenoxy) is 1. The summed E-state index contributed by atoms with van der Waals surface area (Å²) in [5.74, 6) is -0.590. The second-order valence-electron chi connectivity index (χ2n) is 6.40. The van der Waals surface area contributed by atoms with Crippen LogP contribution >= 0.6 is 0 Å². The van der Waals surface area contributed by atoms with Gasteiger partial charge < -0.3 is 4.74 Å². The number of Topliss-reactive ketones (excluding diaryl/α,β-unsaturated/α-hetero) is 1. The van der Waals surface area contributed by atoms with E-state index in [2.05, 4.69) is 11.4 Å². The second-order valence-corrected chi connectivity index (χ2v) is 6.40. The van der Waals surface area contributed by atoms with Crippen LogP contribution in [0.3, 0.4) is 0 Å². The van der Waals surface area contributed by atoms with Crippen molar-refractivity contribution in [3.63, 3.8) is 0 Å². The number of carbonyl (C=O) groups excluding carboxylic acids is 2. The van der Waals surface area contributed by atoms with Crippen molar-refractivity contribution in [2.75, 3.05) is 5.32 Å². The van der Waals surface area contributed by atoms with Crippen molar-refractivity contribution in [2.45, 2.75) is 44.6 Å². The van der Waals surface area contributed by atoms with Crippen molar-refractivity contribution < 1.29 is 18.7 Å². The minimum Gasteiger partial charge on any atom is -0.444 e. The molecule has 5 nitrogen and oxygen atoms in total. The van der Waals surface area contributed by atoms with Gasteiger partial charge in [0.2, 0.25) is 0 Å². The van der Waals surface area contributed by atoms with Gasteiger partial charge in [-0.1, -0.05) is 0 Å². The molecule has 0 radical (unpaired) electrons. The Bertz CT molecular complexity index is 663. The Morgan fingerprint density at radius 1 is 1.41 bits per heavy atom. The summed E-state index contributed by atoms with van der Waals surface area (Å²) in [6.45, 7) is 5.17. The van der Waals surface area contributed by atoms with Gasteiger partial charge in [0.25, 0.3) is 0 Å². The van der Waals surface area contributed by atoms with Crippen molar-refractivity contribution >= 4 is 17.6 Å². The number of hydrogen-bond acceptors (Lipinski definition) is 4. The first-order valence-electron chi connectivity index (χ1n) is 6.88. The zero-order valence-electron chi connectivity index (χ0n) is 12.7. The van der Waals surface area contributed by atoms with E-state index in [0.29, 0.717) is 5.56 Å². The van der Waals surface area contributed by atoms with Crippen LogP contribution in [0.1, 0.15) is 39.2 Å². The third-order valence-electron chi connectivity index (χ3n) is 3.34. The molecule has 1 amide bonds. The van der Waals surface area contributed by atoms with Crippen LogP contribution in [0, 0.1) is 17.1 Å². The summed E-state index contributed by atoms with van der Waals surface area (Å²) in [4.78, 5) is 23.2. The monoisotopic (exact) mass is 304 g/mol. The molecule has 1 aromatic carbocycles. The van der Waals surface area contributed by atoms with E-state index >= 15 is 0 Å². The van der Waals surface area contributed by atoms with Gasteiger partial charge in [-0.2, -0.15) is 5.26 Å². The Morgan fingerprint density at radius 3 is 2.55 bits per heavy atom. The van der Waals surface area contributed by atoms with Crippen LogP contribution in [0.25, 0.3) is 0 Å². The summed E-state index contributed by atoms with van der Waals surface area (Å²) in [6.07, 6.45) is -0.648. The molecular weight excluding hydrogens is 287 g/mol. The minimum atomic E-state index is -1.08. The fraction of sp³-hybridized carbons (Fsp3) is 0.438. The number of halogens is 1. The summed E-state index contributed by atoms with van der Waals surface area (Å²) in [5, 5.41) is 11.9. The lowest BCUT2D eigenvalue weighted by molar-refractivity contribution is -0.126. The van der Waals surface area contributed by atoms with Crippen molar-refractivity contribution in [1.29, 1.82) is 5.26 Å². The Labute approximate surface area is 128 Å². The number of nitrogens with zero attached hydrogens (tertiary/aromatic N) is 1. The van der Waals surface area contributed by atoms with E-state index in [4.69, 9.17) is 4.74 Å². The number of amides is 1. The molecule has 0 spiro atoms. The van der Waals surface area contributed by atoms with E-state index in [1.54, 1.807) is 20.8 Å². The molecule has 0 aliphatic heterocycles. The Balaban J connectivity index is 2.32. The molecule has 1 aliphatic rings. The van der Waals surface area contributed by atoms with Gasteiger partial charge in [-0.15, -0.1) is 0 Å². The highest BCUT2D eigenvalue weighted by Crippen LogP contribution is 2.44. The molecule has 0 atom stereocenters. The number of benzene rings is 1. The topological polar surface area (TPSA) is 79.2 Å². The van der Waals surface area contributed by atoms with Gasteiger partial charge in [0.1, 0.15) is 17.2 Å². The smallest absolute Gasteiger partial charge is 0.412 e. The first-order chi connectivity index (χ1) is 10.1. The number of nitrogens with one attached hydrogen (secondary N) is 1. The highest BCUT2D eigenvalue weighted by Gasteiger charge is 2.47. The van der Waals surface area contributed by atoms with Crippen LogP contribution in [0.15, 0.2) is 18.2 Å². The van der Waals surface area contributed by atoms with E-state index < -0.39 is 22.9 Å². The molecule has 0 unspecified atom stereocenters. The van der Waals surface area contributed by atoms with Crippen molar-refractivity contribution in [2.24, 2.45) is 0 Å². The van der Waals surface area contributed by atoms with E-state index in [9.17, 15) is 19.2 Å². The molecule has 1 N–H and O–H groups in total. The van der Waals surface area contributed by atoms with Gasteiger partial charge in [0, 0.05) is 18.5 Å². The first-order valence-corrected chi connectivity index (χ1v) is 6.88. The van der Waals surface area contributed by atoms with Gasteiger partial charge >= 0.3 is 6.09 Å². The number of rotatable bonds is 2. The molecule has 1 saturated carbocycles. The van der Waals surface area contributed by atoms with Gasteiger partial charge in [0.15, 0.2) is 0 Å². The predicted molar refractivity (Wildman–Crippen MR) is 77.8 cm³/mol. The Morgan fingerprint density at radius 2 is 2.05 bits per heavy atom. The summed E-state index contributed by atoms with van der Waals surface area (Å²) in [7, 11) is 0. The lowest BCUT2D eigenvalue weighted by Crippen LogP contribution is -2.41. The average Bonchev–Trinajstić information content (AvgIpc) is 2.34. The number of ketones is 1. The lowest BCUT2D eigenvalue weighted by Gasteiger charge is -2.35. The fourth-order valence-electron chi connectivity index (χ4n) is 2.39. The van der Waals surface area contributed by atoms with Crippen molar-refractivity contribution in [1.82, 2.24) is 0 Å². The standard InChI is InChI=1S/C16H17FN2O3/c1-15(2,3)22-14(21)19-13-5-4-10(17)6-12(13)16(9-18)7-11(20)8-16/h4-6H,7-8H2,1-3H3,(H,19,21). The quantitative estimate of drug-likeness (QED) is 0.909. The molecule has 0 heterocycles. The maximum Gasteiger partial charge on any atom is 0.412 e. The third kappa shape index (κ3) is 3.25. The van der Waals surface area contributed by atoms with Crippen LogP contribution in [-0.4, -0.2) is 17.5 Å². The Hall–Kier alpha value is -2.42. The molecule has 0 saturated heterocycles. The molecule has 22 heavy (non-hydrogen) atoms. The SMILES string of the molecule is CC(C)(C)OC(=O)Nc1ccc(F)cc1C1(C#N)CC(=O)C1. The van der Waals surface area contributed by atoms with Gasteiger partial charge in [0.05, 0.1) is 11.5 Å². The van der Waals surface area contributed by atoms with Crippen LogP contribution in [0.4, 0.5) is 14.9 Å². The molecule has 2 rings (SSSR count). The summed E-state index contributed by atoms with van der Waals surface area (Å²) in [5.41, 5.74) is -1.17. The highest BCUT2D eigenvalue weighted by atomic mass is 19.1. The lowest BCUT2D eigenvalue weighted by atomic mass is 9.64. The van der Waals surface area contributed by atoms with E-state index in [-0.39, 0.29) is 24.3 Å². The fourth-order valence-corrected chi connectivity index (χ4v) is 2.39. The third-order valence-corrected chi connectivity index (χ3v) is 3.34. The summed E-state index contributed by atoms with van der Waals surface area (Å²) in [6, 6.07) is 5.81. The molecule has 0 aromatic heterocycles. The average molecular weight is 304 g/mol. The van der Waals surface area contributed by atoms with Crippen LogP contribution in [0.5, 0.6) is 0 Å². The molecular formula is C16H17FN2O3. The summed E-state index contributed by atoms with van der Waals surface area (Å²) >= 11 is 0. The van der Waals surface area contributed by atoms with E-state index in [1.165, 1.54) is 18.2 Å². The van der Waals surface area contributed by atoms with Gasteiger partial charge in [-0.25, -0.2) is 9.18 Å². The number of nitriles is 1. The minimum absolute atomic E-state index is 0.0238. The molecule has 1 fully saturated rings. The molecule has 1 aromatic rings. The normalized spacial score (nSPS) is 16.4. The first kappa shape index (κ1) is 16.0. The van der Waals surface area contributed by atoms with Crippen LogP contribution in [0.2, 0.25) is 0 Å². The second kappa shape index (κ2) is 5.41. The highest BCUT2D eigenvalue weighted by molar-refractivity contribution is 5.93. The van der Waals surface area contributed by atoms with E-state index in [0.717, 1.165) is 0 Å². The molecule has 1 aliphatic carbocycles. The maximum atomic E-state index is 13.5. The van der Waals surface area contributed by atoms with Crippen LogP contribution < -0.4 is 5.32 Å². The number of carbonyl (C=O) groups is 2. The predicted octanol–water partition coefficient (Wildman–Crippen LogP) is 3.30. The van der Waals surface area contributed by atoms with Crippen molar-refractivity contribution in [3.8, 4) is 6.07 Å². The van der Waals surface area contributed by atoms with E-state index in [1.807, 2.05) is 0 Å². The van der Waals surface area contributed by atoms with Gasteiger partial charge in [-0.05, 0) is 44.5 Å². The molecule has 116 valence electrons. The number of anilines is 1. The molecule has 6 heteroatoms. The Kier molecular flexibility index (Phi) is 3.92. The zero-order valence-corrected chi connectivity index (χ0v) is 12.7. The largest absolute Gasteiger partial charge is 0.444 e. The number of hydrogen-bond donors (Lipinski definition) is 1. The zero-order chi connectivity index (χ0) is 16.5.